The van der Waals surface area contributed by atoms with Crippen LogP contribution in [0.2, 0.25) is 18.1 Å². The van der Waals surface area contributed by atoms with E-state index < -0.39 is 8.32 Å². The van der Waals surface area contributed by atoms with Gasteiger partial charge >= 0.3 is 0 Å². The van der Waals surface area contributed by atoms with Crippen LogP contribution < -0.4 is 0 Å². The minimum absolute atomic E-state index is 0.171. The molecule has 1 aromatic rings. The minimum atomic E-state index is -1.79. The van der Waals surface area contributed by atoms with E-state index in [2.05, 4.69) is 87.5 Å². The molecule has 1 saturated carbocycles. The van der Waals surface area contributed by atoms with Gasteiger partial charge in [-0.25, -0.2) is 0 Å². The number of hydrogen-bond donors (Lipinski definition) is 0. The van der Waals surface area contributed by atoms with Crippen molar-refractivity contribution in [2.45, 2.75) is 83.6 Å². The summed E-state index contributed by atoms with van der Waals surface area (Å²) in [7, 11) is -1.79. The third-order valence-corrected chi connectivity index (χ3v) is 11.1. The first kappa shape index (κ1) is 23.9. The van der Waals surface area contributed by atoms with Gasteiger partial charge in [-0.2, -0.15) is 0 Å². The zero-order valence-corrected chi connectivity index (χ0v) is 20.3. The Labute approximate surface area is 180 Å². The molecule has 1 unspecified atom stereocenters. The van der Waals surface area contributed by atoms with Gasteiger partial charge in [-0.15, -0.1) is 6.58 Å². The number of rotatable bonds is 8. The Bertz CT molecular complexity index is 674. The van der Waals surface area contributed by atoms with E-state index in [-0.39, 0.29) is 11.1 Å². The molecule has 0 N–H and O–H groups in total. The summed E-state index contributed by atoms with van der Waals surface area (Å²) in [5, 5.41) is 0.212. The van der Waals surface area contributed by atoms with Crippen LogP contribution in [0.3, 0.4) is 0 Å². The molecule has 0 radical (unpaired) electrons. The molecule has 1 atom stereocenters. The van der Waals surface area contributed by atoms with Gasteiger partial charge in [0.25, 0.3) is 0 Å². The molecule has 2 rings (SSSR count). The lowest BCUT2D eigenvalue weighted by atomic mass is 9.90. The van der Waals surface area contributed by atoms with E-state index in [4.69, 9.17) is 4.43 Å². The average molecular weight is 412 g/mol. The van der Waals surface area contributed by atoms with Gasteiger partial charge in [0.15, 0.2) is 8.32 Å². The SMILES string of the molecule is C=CC(CO[Si](C)(C)C(C)(C)C)N(CC#CC1CCCCC1)Cc1ccccc1. The summed E-state index contributed by atoms with van der Waals surface area (Å²) in [6, 6.07) is 10.8. The highest BCUT2D eigenvalue weighted by molar-refractivity contribution is 6.74. The van der Waals surface area contributed by atoms with Crippen molar-refractivity contribution in [3.8, 4) is 11.8 Å². The lowest BCUT2D eigenvalue weighted by Gasteiger charge is -2.38. The second-order valence-electron chi connectivity index (χ2n) is 9.92. The molecular weight excluding hydrogens is 370 g/mol. The molecule has 1 aliphatic carbocycles. The molecule has 1 aliphatic rings. The van der Waals surface area contributed by atoms with Crippen molar-refractivity contribution >= 4 is 8.32 Å². The second-order valence-corrected chi connectivity index (χ2v) is 14.7. The fraction of sp³-hybridized carbons (Fsp3) is 0.615. The summed E-state index contributed by atoms with van der Waals surface area (Å²) in [6.07, 6.45) is 8.63. The maximum Gasteiger partial charge on any atom is 0.192 e. The number of benzene rings is 1. The van der Waals surface area contributed by atoms with Crippen molar-refractivity contribution in [2.75, 3.05) is 13.2 Å². The van der Waals surface area contributed by atoms with E-state index in [1.54, 1.807) is 0 Å². The summed E-state index contributed by atoms with van der Waals surface area (Å²) in [5.41, 5.74) is 1.31. The van der Waals surface area contributed by atoms with Crippen LogP contribution in [0.15, 0.2) is 43.0 Å². The molecule has 3 heteroatoms. The molecule has 0 saturated heterocycles. The van der Waals surface area contributed by atoms with Gasteiger partial charge in [0, 0.05) is 12.5 Å². The number of nitrogens with zero attached hydrogens (tertiary/aromatic N) is 1. The van der Waals surface area contributed by atoms with Crippen LogP contribution in [-0.2, 0) is 11.0 Å². The molecule has 2 nitrogen and oxygen atoms in total. The van der Waals surface area contributed by atoms with Gasteiger partial charge in [-0.05, 0) is 36.5 Å². The van der Waals surface area contributed by atoms with Gasteiger partial charge in [-0.1, -0.05) is 88.3 Å². The van der Waals surface area contributed by atoms with Crippen molar-refractivity contribution in [3.05, 3.63) is 48.6 Å². The van der Waals surface area contributed by atoms with E-state index in [0.717, 1.165) is 13.1 Å². The lowest BCUT2D eigenvalue weighted by Crippen LogP contribution is -2.45. The molecule has 1 aromatic carbocycles. The van der Waals surface area contributed by atoms with Crippen molar-refractivity contribution in [2.24, 2.45) is 5.92 Å². The predicted molar refractivity (Wildman–Crippen MR) is 128 cm³/mol. The summed E-state index contributed by atoms with van der Waals surface area (Å²) < 4.78 is 6.54. The summed E-state index contributed by atoms with van der Waals surface area (Å²) in [4.78, 5) is 2.42. The second kappa shape index (κ2) is 11.2. The molecule has 0 amide bonds. The maximum atomic E-state index is 6.54. The summed E-state index contributed by atoms with van der Waals surface area (Å²) >= 11 is 0. The Hall–Kier alpha value is -1.34. The van der Waals surface area contributed by atoms with Gasteiger partial charge in [0.2, 0.25) is 0 Å². The highest BCUT2D eigenvalue weighted by Crippen LogP contribution is 2.36. The molecule has 0 heterocycles. The van der Waals surface area contributed by atoms with Gasteiger partial charge in [0.05, 0.1) is 19.2 Å². The predicted octanol–water partition coefficient (Wildman–Crippen LogP) is 6.65. The summed E-state index contributed by atoms with van der Waals surface area (Å²) in [6.45, 7) is 18.0. The van der Waals surface area contributed by atoms with Crippen molar-refractivity contribution in [1.29, 1.82) is 0 Å². The molecule has 160 valence electrons. The Morgan fingerprint density at radius 2 is 1.83 bits per heavy atom. The van der Waals surface area contributed by atoms with Crippen molar-refractivity contribution in [3.63, 3.8) is 0 Å². The van der Waals surface area contributed by atoms with E-state index in [9.17, 15) is 0 Å². The normalized spacial score (nSPS) is 16.9. The topological polar surface area (TPSA) is 12.5 Å². The first-order valence-corrected chi connectivity index (χ1v) is 14.2. The van der Waals surface area contributed by atoms with Crippen molar-refractivity contribution in [1.82, 2.24) is 4.90 Å². The molecule has 0 spiro atoms. The lowest BCUT2D eigenvalue weighted by molar-refractivity contribution is 0.163. The van der Waals surface area contributed by atoms with E-state index in [1.165, 1.54) is 37.7 Å². The van der Waals surface area contributed by atoms with Crippen LogP contribution >= 0.6 is 0 Å². The third kappa shape index (κ3) is 7.77. The first-order valence-electron chi connectivity index (χ1n) is 11.3. The highest BCUT2D eigenvalue weighted by Gasteiger charge is 2.37. The molecule has 0 aromatic heterocycles. The molecule has 0 aliphatic heterocycles. The Morgan fingerprint density at radius 3 is 2.41 bits per heavy atom. The minimum Gasteiger partial charge on any atom is -0.415 e. The Kier molecular flexibility index (Phi) is 9.21. The quantitative estimate of drug-likeness (QED) is 0.270. The van der Waals surface area contributed by atoms with Crippen LogP contribution in [0.1, 0.15) is 58.4 Å². The van der Waals surface area contributed by atoms with Crippen LogP contribution in [0, 0.1) is 17.8 Å². The Balaban J connectivity index is 2.08. The fourth-order valence-corrected chi connectivity index (χ4v) is 4.50. The fourth-order valence-electron chi connectivity index (χ4n) is 3.48. The smallest absolute Gasteiger partial charge is 0.192 e. The van der Waals surface area contributed by atoms with Gasteiger partial charge < -0.3 is 4.43 Å². The zero-order valence-electron chi connectivity index (χ0n) is 19.3. The zero-order chi connectivity index (χ0) is 21.3. The van der Waals surface area contributed by atoms with Crippen LogP contribution in [0.5, 0.6) is 0 Å². The highest BCUT2D eigenvalue weighted by atomic mass is 28.4. The maximum absolute atomic E-state index is 6.54. The van der Waals surface area contributed by atoms with Crippen LogP contribution in [0.4, 0.5) is 0 Å². The van der Waals surface area contributed by atoms with Gasteiger partial charge in [-0.3, -0.25) is 4.90 Å². The Morgan fingerprint density at radius 1 is 1.17 bits per heavy atom. The first-order chi connectivity index (χ1) is 13.7. The largest absolute Gasteiger partial charge is 0.415 e. The van der Waals surface area contributed by atoms with E-state index >= 15 is 0 Å². The standard InChI is InChI=1S/C26H41NOSi/c1-7-25(22-28-29(5,6)26(2,3)4)27(21-24-17-12-9-13-18-24)20-14-19-23-15-10-8-11-16-23/h7,9,12-13,17-18,23,25H,1,8,10-11,15-16,20-22H2,2-6H3. The third-order valence-electron chi connectivity index (χ3n) is 6.58. The molecular formula is C26H41NOSi. The van der Waals surface area contributed by atoms with E-state index in [1.807, 2.05) is 6.08 Å². The number of hydrogen-bond acceptors (Lipinski definition) is 2. The molecule has 0 bridgehead atoms. The van der Waals surface area contributed by atoms with Gasteiger partial charge in [0.1, 0.15) is 0 Å². The molecule has 29 heavy (non-hydrogen) atoms. The summed E-state index contributed by atoms with van der Waals surface area (Å²) in [5.74, 6) is 7.65. The van der Waals surface area contributed by atoms with Crippen molar-refractivity contribution < 1.29 is 4.43 Å². The van der Waals surface area contributed by atoms with Crippen LogP contribution in [0.25, 0.3) is 0 Å². The van der Waals surface area contributed by atoms with E-state index in [0.29, 0.717) is 12.5 Å². The monoisotopic (exact) mass is 411 g/mol. The molecule has 1 fully saturated rings. The van der Waals surface area contributed by atoms with Crippen LogP contribution in [-0.4, -0.2) is 32.4 Å². The average Bonchev–Trinajstić information content (AvgIpc) is 2.69.